The van der Waals surface area contributed by atoms with Crippen LogP contribution in [0.25, 0.3) is 21.6 Å². The van der Waals surface area contributed by atoms with E-state index in [0.717, 1.165) is 17.1 Å². The fraction of sp³-hybridized carbons (Fsp3) is 0.200. The van der Waals surface area contributed by atoms with Gasteiger partial charge >= 0.3 is 0 Å². The molecular formula is C15H12FN3S2. The van der Waals surface area contributed by atoms with Crippen LogP contribution < -0.4 is 5.73 Å². The standard InChI is InChI=1S/C15H12FN3S2/c16-9-1-2-11-10(6-9)14(17)19-15(18-11)13-5-8-7-20-4-3-12(8)21-13/h1-2,5-6H,3-4,7H2,(H2,17,18,19). The number of aryl methyl sites for hydroxylation is 1. The molecule has 0 saturated heterocycles. The Bertz CT molecular complexity index is 821. The van der Waals surface area contributed by atoms with E-state index < -0.39 is 0 Å². The fourth-order valence-corrected chi connectivity index (χ4v) is 4.80. The first-order chi connectivity index (χ1) is 10.2. The molecule has 3 heterocycles. The maximum atomic E-state index is 13.3. The van der Waals surface area contributed by atoms with Gasteiger partial charge in [-0.1, -0.05) is 0 Å². The third-order valence-corrected chi connectivity index (χ3v) is 5.78. The fourth-order valence-electron chi connectivity index (χ4n) is 2.49. The van der Waals surface area contributed by atoms with Crippen molar-refractivity contribution in [2.24, 2.45) is 0 Å². The van der Waals surface area contributed by atoms with Crippen LogP contribution in [-0.2, 0) is 12.2 Å². The summed E-state index contributed by atoms with van der Waals surface area (Å²) in [7, 11) is 0. The minimum absolute atomic E-state index is 0.325. The van der Waals surface area contributed by atoms with Crippen molar-refractivity contribution in [1.29, 1.82) is 0 Å². The van der Waals surface area contributed by atoms with Crippen LogP contribution in [0.2, 0.25) is 0 Å². The van der Waals surface area contributed by atoms with Crippen molar-refractivity contribution in [2.75, 3.05) is 11.5 Å². The summed E-state index contributed by atoms with van der Waals surface area (Å²) in [5, 5.41) is 0.565. The molecule has 21 heavy (non-hydrogen) atoms. The number of hydrogen-bond donors (Lipinski definition) is 1. The summed E-state index contributed by atoms with van der Waals surface area (Å²) in [4.78, 5) is 11.4. The van der Waals surface area contributed by atoms with E-state index in [1.54, 1.807) is 17.4 Å². The maximum Gasteiger partial charge on any atom is 0.172 e. The molecule has 0 aliphatic carbocycles. The van der Waals surface area contributed by atoms with Gasteiger partial charge in [0, 0.05) is 16.0 Å². The molecule has 0 fully saturated rings. The summed E-state index contributed by atoms with van der Waals surface area (Å²) >= 11 is 3.69. The highest BCUT2D eigenvalue weighted by atomic mass is 32.2. The van der Waals surface area contributed by atoms with Crippen molar-refractivity contribution >= 4 is 39.8 Å². The van der Waals surface area contributed by atoms with E-state index in [-0.39, 0.29) is 5.82 Å². The second-order valence-electron chi connectivity index (χ2n) is 4.96. The van der Waals surface area contributed by atoms with Crippen LogP contribution in [0.3, 0.4) is 0 Å². The number of anilines is 1. The summed E-state index contributed by atoms with van der Waals surface area (Å²) in [6, 6.07) is 6.59. The Balaban J connectivity index is 1.86. The molecule has 3 nitrogen and oxygen atoms in total. The average Bonchev–Trinajstić information content (AvgIpc) is 2.92. The Morgan fingerprint density at radius 2 is 2.10 bits per heavy atom. The highest BCUT2D eigenvalue weighted by Gasteiger charge is 2.17. The lowest BCUT2D eigenvalue weighted by Gasteiger charge is -2.08. The van der Waals surface area contributed by atoms with E-state index in [1.807, 2.05) is 11.8 Å². The molecule has 0 unspecified atom stereocenters. The van der Waals surface area contributed by atoms with Gasteiger partial charge in [0.1, 0.15) is 11.6 Å². The van der Waals surface area contributed by atoms with Gasteiger partial charge in [-0.15, -0.1) is 11.3 Å². The highest BCUT2D eigenvalue weighted by Crippen LogP contribution is 2.36. The number of nitrogen functional groups attached to an aromatic ring is 1. The van der Waals surface area contributed by atoms with Gasteiger partial charge in [0.05, 0.1) is 10.4 Å². The Kier molecular flexibility index (Phi) is 3.08. The lowest BCUT2D eigenvalue weighted by atomic mass is 10.2. The van der Waals surface area contributed by atoms with E-state index >= 15 is 0 Å². The number of fused-ring (bicyclic) bond motifs is 2. The molecule has 0 amide bonds. The Morgan fingerprint density at radius 1 is 1.19 bits per heavy atom. The summed E-state index contributed by atoms with van der Waals surface area (Å²) in [5.74, 6) is 2.87. The minimum atomic E-state index is -0.325. The van der Waals surface area contributed by atoms with Gasteiger partial charge in [-0.2, -0.15) is 11.8 Å². The number of thioether (sulfide) groups is 1. The zero-order chi connectivity index (χ0) is 14.4. The van der Waals surface area contributed by atoms with Crippen molar-refractivity contribution in [3.05, 3.63) is 40.5 Å². The van der Waals surface area contributed by atoms with E-state index in [4.69, 9.17) is 5.73 Å². The van der Waals surface area contributed by atoms with Gasteiger partial charge in [0.15, 0.2) is 5.82 Å². The Morgan fingerprint density at radius 3 is 2.95 bits per heavy atom. The quantitative estimate of drug-likeness (QED) is 0.740. The molecule has 0 radical (unpaired) electrons. The smallest absolute Gasteiger partial charge is 0.172 e. The first-order valence-corrected chi connectivity index (χ1v) is 8.60. The molecule has 0 spiro atoms. The topological polar surface area (TPSA) is 51.8 Å². The molecule has 0 bridgehead atoms. The predicted molar refractivity (Wildman–Crippen MR) is 87.1 cm³/mol. The molecule has 1 aliphatic heterocycles. The number of nitrogens with two attached hydrogens (primary N) is 1. The first-order valence-electron chi connectivity index (χ1n) is 6.63. The minimum Gasteiger partial charge on any atom is -0.383 e. The second-order valence-corrected chi connectivity index (χ2v) is 7.20. The molecular weight excluding hydrogens is 305 g/mol. The molecule has 1 aliphatic rings. The number of halogens is 1. The lowest BCUT2D eigenvalue weighted by Crippen LogP contribution is -1.97. The normalized spacial score (nSPS) is 14.3. The Hall–Kier alpha value is -1.66. The van der Waals surface area contributed by atoms with Crippen molar-refractivity contribution in [1.82, 2.24) is 9.97 Å². The third-order valence-electron chi connectivity index (χ3n) is 3.54. The van der Waals surface area contributed by atoms with Crippen LogP contribution in [0.5, 0.6) is 0 Å². The molecule has 4 rings (SSSR count). The molecule has 0 saturated carbocycles. The van der Waals surface area contributed by atoms with Gasteiger partial charge in [-0.05, 0) is 42.0 Å². The number of thiophene rings is 1. The molecule has 106 valence electrons. The second kappa shape index (κ2) is 4.96. The van der Waals surface area contributed by atoms with Crippen LogP contribution in [0.4, 0.5) is 10.2 Å². The predicted octanol–water partition coefficient (Wildman–Crippen LogP) is 3.87. The molecule has 1 aromatic carbocycles. The van der Waals surface area contributed by atoms with Crippen molar-refractivity contribution in [3.63, 3.8) is 0 Å². The van der Waals surface area contributed by atoms with Crippen LogP contribution in [-0.4, -0.2) is 15.7 Å². The average molecular weight is 317 g/mol. The van der Waals surface area contributed by atoms with Gasteiger partial charge < -0.3 is 5.73 Å². The number of benzene rings is 1. The van der Waals surface area contributed by atoms with E-state index in [9.17, 15) is 4.39 Å². The zero-order valence-corrected chi connectivity index (χ0v) is 12.7. The largest absolute Gasteiger partial charge is 0.383 e. The molecule has 3 aromatic rings. The van der Waals surface area contributed by atoms with E-state index in [0.29, 0.717) is 22.5 Å². The summed E-state index contributed by atoms with van der Waals surface area (Å²) < 4.78 is 13.3. The van der Waals surface area contributed by atoms with Crippen molar-refractivity contribution < 1.29 is 4.39 Å². The monoisotopic (exact) mass is 317 g/mol. The summed E-state index contributed by atoms with van der Waals surface area (Å²) in [5.41, 5.74) is 8.03. The Labute approximate surface area is 129 Å². The number of aromatic nitrogens is 2. The van der Waals surface area contributed by atoms with E-state index in [2.05, 4.69) is 16.0 Å². The van der Waals surface area contributed by atoms with Crippen LogP contribution in [0.15, 0.2) is 24.3 Å². The van der Waals surface area contributed by atoms with Crippen molar-refractivity contribution in [3.8, 4) is 10.7 Å². The van der Waals surface area contributed by atoms with Crippen LogP contribution in [0.1, 0.15) is 10.4 Å². The van der Waals surface area contributed by atoms with Gasteiger partial charge in [0.25, 0.3) is 0 Å². The summed E-state index contributed by atoms with van der Waals surface area (Å²) in [6.07, 6.45) is 1.11. The highest BCUT2D eigenvalue weighted by molar-refractivity contribution is 7.98. The zero-order valence-electron chi connectivity index (χ0n) is 11.1. The number of nitrogens with zero attached hydrogens (tertiary/aromatic N) is 2. The molecule has 2 aromatic heterocycles. The molecule has 0 atom stereocenters. The molecule has 6 heteroatoms. The van der Waals surface area contributed by atoms with Crippen LogP contribution >= 0.6 is 23.1 Å². The van der Waals surface area contributed by atoms with Gasteiger partial charge in [-0.3, -0.25) is 0 Å². The SMILES string of the molecule is Nc1nc(-c2cc3c(s2)CCSC3)nc2ccc(F)cc12. The lowest BCUT2D eigenvalue weighted by molar-refractivity contribution is 0.629. The maximum absolute atomic E-state index is 13.3. The van der Waals surface area contributed by atoms with Gasteiger partial charge in [0.2, 0.25) is 0 Å². The number of hydrogen-bond acceptors (Lipinski definition) is 5. The number of rotatable bonds is 1. The first kappa shape index (κ1) is 13.0. The van der Waals surface area contributed by atoms with Crippen LogP contribution in [0, 0.1) is 5.82 Å². The van der Waals surface area contributed by atoms with E-state index in [1.165, 1.54) is 28.3 Å². The van der Waals surface area contributed by atoms with Gasteiger partial charge in [-0.25, -0.2) is 14.4 Å². The molecule has 2 N–H and O–H groups in total. The third kappa shape index (κ3) is 2.28. The van der Waals surface area contributed by atoms with Crippen molar-refractivity contribution in [2.45, 2.75) is 12.2 Å². The summed E-state index contributed by atoms with van der Waals surface area (Å²) in [6.45, 7) is 0.